The van der Waals surface area contributed by atoms with Crippen LogP contribution >= 0.6 is 23.1 Å². The molecule has 1 amide bonds. The number of rotatable bonds is 7. The van der Waals surface area contributed by atoms with E-state index in [1.54, 1.807) is 77.7 Å². The van der Waals surface area contributed by atoms with Gasteiger partial charge in [0.15, 0.2) is 14.2 Å². The first-order valence-corrected chi connectivity index (χ1v) is 13.1. The maximum atomic E-state index is 12.7. The first kappa shape index (κ1) is 22.3. The van der Waals surface area contributed by atoms with Gasteiger partial charge in [-0.05, 0) is 61.0 Å². The van der Waals surface area contributed by atoms with E-state index in [0.29, 0.717) is 16.8 Å². The number of nitrogens with zero attached hydrogens (tertiary/aromatic N) is 1. The van der Waals surface area contributed by atoms with Gasteiger partial charge in [0.25, 0.3) is 5.91 Å². The number of thiazole rings is 1. The van der Waals surface area contributed by atoms with Crippen LogP contribution in [-0.4, -0.2) is 19.3 Å². The molecule has 0 spiro atoms. The van der Waals surface area contributed by atoms with Crippen molar-refractivity contribution < 1.29 is 13.2 Å². The summed E-state index contributed by atoms with van der Waals surface area (Å²) >= 11 is 3.17. The summed E-state index contributed by atoms with van der Waals surface area (Å²) < 4.78 is 26.2. The smallest absolute Gasteiger partial charge is 0.255 e. The number of nitrogens with one attached hydrogen (secondary N) is 1. The van der Waals surface area contributed by atoms with Gasteiger partial charge in [0.2, 0.25) is 0 Å². The Balaban J connectivity index is 1.42. The zero-order valence-corrected chi connectivity index (χ0v) is 19.6. The molecule has 162 valence electrons. The summed E-state index contributed by atoms with van der Waals surface area (Å²) in [5, 5.41) is 4.87. The molecule has 0 unspecified atom stereocenters. The molecule has 0 bridgehead atoms. The lowest BCUT2D eigenvalue weighted by Crippen LogP contribution is -2.12. The van der Waals surface area contributed by atoms with Gasteiger partial charge in [0.05, 0.1) is 10.6 Å². The molecule has 3 aromatic carbocycles. The highest BCUT2D eigenvalue weighted by Gasteiger charge is 2.16. The molecule has 1 aromatic heterocycles. The Hall–Kier alpha value is -2.94. The van der Waals surface area contributed by atoms with Crippen LogP contribution in [0.2, 0.25) is 0 Å². The number of benzene rings is 3. The summed E-state index contributed by atoms with van der Waals surface area (Å²) in [7, 11) is -3.48. The highest BCUT2D eigenvalue weighted by molar-refractivity contribution is 8.01. The van der Waals surface area contributed by atoms with Crippen LogP contribution in [0.3, 0.4) is 0 Å². The Bertz CT molecular complexity index is 1330. The maximum Gasteiger partial charge on any atom is 0.255 e. The van der Waals surface area contributed by atoms with Crippen LogP contribution in [0.1, 0.15) is 21.6 Å². The molecule has 0 aliphatic rings. The topological polar surface area (TPSA) is 76.1 Å². The van der Waals surface area contributed by atoms with Crippen molar-refractivity contribution in [2.24, 2.45) is 0 Å². The first-order chi connectivity index (χ1) is 15.4. The zero-order chi connectivity index (χ0) is 22.6. The molecule has 5 nitrogen and oxygen atoms in total. The fraction of sp³-hybridized carbons (Fsp3) is 0.0833. The third-order valence-corrected chi connectivity index (χ3v) is 8.33. The molecular weight excluding hydrogens is 460 g/mol. The molecule has 0 saturated heterocycles. The van der Waals surface area contributed by atoms with Crippen LogP contribution in [0.4, 0.5) is 5.69 Å². The van der Waals surface area contributed by atoms with E-state index >= 15 is 0 Å². The van der Waals surface area contributed by atoms with Crippen molar-refractivity contribution in [3.63, 3.8) is 0 Å². The quantitative estimate of drug-likeness (QED) is 0.360. The minimum Gasteiger partial charge on any atom is -0.322 e. The van der Waals surface area contributed by atoms with Gasteiger partial charge in [-0.3, -0.25) is 4.79 Å². The minimum absolute atomic E-state index is 0.166. The Morgan fingerprint density at radius 3 is 2.44 bits per heavy atom. The summed E-state index contributed by atoms with van der Waals surface area (Å²) in [6.07, 6.45) is 0. The summed E-state index contributed by atoms with van der Waals surface area (Å²) in [4.78, 5) is 18.4. The number of hydrogen-bond donors (Lipinski definition) is 1. The van der Waals surface area contributed by atoms with Crippen molar-refractivity contribution in [1.29, 1.82) is 0 Å². The Morgan fingerprint density at radius 2 is 1.75 bits per heavy atom. The van der Waals surface area contributed by atoms with Crippen molar-refractivity contribution in [3.05, 3.63) is 101 Å². The third-order valence-electron chi connectivity index (χ3n) is 4.56. The van der Waals surface area contributed by atoms with Gasteiger partial charge in [-0.15, -0.1) is 11.3 Å². The van der Waals surface area contributed by atoms with Gasteiger partial charge in [-0.25, -0.2) is 13.4 Å². The second-order valence-electron chi connectivity index (χ2n) is 7.11. The van der Waals surface area contributed by atoms with E-state index in [1.165, 1.54) is 0 Å². The fourth-order valence-corrected chi connectivity index (χ4v) is 6.19. The van der Waals surface area contributed by atoms with Gasteiger partial charge in [0, 0.05) is 27.2 Å². The van der Waals surface area contributed by atoms with Gasteiger partial charge in [-0.1, -0.05) is 42.1 Å². The summed E-state index contributed by atoms with van der Waals surface area (Å²) in [6, 6.07) is 22.5. The number of carbonyl (C=O) groups is 1. The highest BCUT2D eigenvalue weighted by Crippen LogP contribution is 2.31. The zero-order valence-electron chi connectivity index (χ0n) is 17.2. The van der Waals surface area contributed by atoms with Gasteiger partial charge >= 0.3 is 0 Å². The molecule has 0 aliphatic heterocycles. The van der Waals surface area contributed by atoms with Gasteiger partial charge in [-0.2, -0.15) is 0 Å². The number of hydrogen-bond acceptors (Lipinski definition) is 6. The normalized spacial score (nSPS) is 11.3. The maximum absolute atomic E-state index is 12.7. The SMILES string of the molecule is Cc1csc(Sc2ccc(NC(=O)c3cccc(CS(=O)(=O)c4ccccc4)c3)cc2)n1. The van der Waals surface area contributed by atoms with Crippen LogP contribution in [0.5, 0.6) is 0 Å². The molecule has 8 heteroatoms. The molecular formula is C24H20N2O3S3. The van der Waals surface area contributed by atoms with Gasteiger partial charge in [0.1, 0.15) is 0 Å². The Labute approximate surface area is 195 Å². The number of carbonyl (C=O) groups excluding carboxylic acids is 1. The van der Waals surface area contributed by atoms with Crippen LogP contribution in [0.15, 0.2) is 98.4 Å². The summed E-state index contributed by atoms with van der Waals surface area (Å²) in [6.45, 7) is 1.96. The highest BCUT2D eigenvalue weighted by atomic mass is 32.2. The van der Waals surface area contributed by atoms with Crippen LogP contribution in [0.25, 0.3) is 0 Å². The second kappa shape index (κ2) is 9.68. The van der Waals surface area contributed by atoms with E-state index in [2.05, 4.69) is 10.3 Å². The third kappa shape index (κ3) is 5.64. The fourth-order valence-electron chi connectivity index (χ4n) is 3.02. The second-order valence-corrected chi connectivity index (χ2v) is 11.3. The number of amides is 1. The average molecular weight is 481 g/mol. The number of aromatic nitrogens is 1. The van der Waals surface area contributed by atoms with Crippen molar-refractivity contribution in [1.82, 2.24) is 4.98 Å². The van der Waals surface area contributed by atoms with Crippen molar-refractivity contribution in [2.75, 3.05) is 5.32 Å². The van der Waals surface area contributed by atoms with E-state index in [4.69, 9.17) is 0 Å². The predicted molar refractivity (Wildman–Crippen MR) is 129 cm³/mol. The molecule has 0 saturated carbocycles. The van der Waals surface area contributed by atoms with Crippen LogP contribution < -0.4 is 5.32 Å². The summed E-state index contributed by atoms with van der Waals surface area (Å²) in [5.74, 6) is -0.458. The summed E-state index contributed by atoms with van der Waals surface area (Å²) in [5.41, 5.74) is 2.63. The molecule has 0 fully saturated rings. The van der Waals surface area contributed by atoms with Crippen molar-refractivity contribution in [2.45, 2.75) is 26.8 Å². The molecule has 4 aromatic rings. The number of aryl methyl sites for hydroxylation is 1. The lowest BCUT2D eigenvalue weighted by atomic mass is 10.1. The van der Waals surface area contributed by atoms with Crippen LogP contribution in [-0.2, 0) is 15.6 Å². The molecule has 32 heavy (non-hydrogen) atoms. The standard InChI is InChI=1S/C24H20N2O3S3/c1-17-15-30-24(25-17)31-21-12-10-20(11-13-21)26-23(27)19-7-5-6-18(14-19)16-32(28,29)22-8-3-2-4-9-22/h2-15H,16H2,1H3,(H,26,27). The van der Waals surface area contributed by atoms with Gasteiger partial charge < -0.3 is 5.32 Å². The Kier molecular flexibility index (Phi) is 6.74. The van der Waals surface area contributed by atoms with E-state index in [0.717, 1.165) is 14.9 Å². The lowest BCUT2D eigenvalue weighted by Gasteiger charge is -2.09. The molecule has 1 heterocycles. The molecule has 0 radical (unpaired) electrons. The monoisotopic (exact) mass is 480 g/mol. The van der Waals surface area contributed by atoms with Crippen LogP contribution in [0, 0.1) is 6.92 Å². The number of anilines is 1. The van der Waals surface area contributed by atoms with Crippen molar-refractivity contribution >= 4 is 44.5 Å². The first-order valence-electron chi connectivity index (χ1n) is 9.77. The molecule has 0 aliphatic carbocycles. The van der Waals surface area contributed by atoms with E-state index < -0.39 is 9.84 Å². The predicted octanol–water partition coefficient (Wildman–Crippen LogP) is 5.83. The molecule has 4 rings (SSSR count). The number of sulfone groups is 1. The van der Waals surface area contributed by atoms with E-state index in [1.807, 2.05) is 36.6 Å². The molecule has 0 atom stereocenters. The van der Waals surface area contributed by atoms with E-state index in [9.17, 15) is 13.2 Å². The minimum atomic E-state index is -3.48. The van der Waals surface area contributed by atoms with Crippen molar-refractivity contribution in [3.8, 4) is 0 Å². The average Bonchev–Trinajstić information content (AvgIpc) is 3.20. The van der Waals surface area contributed by atoms with E-state index in [-0.39, 0.29) is 16.6 Å². The molecule has 1 N–H and O–H groups in total. The Morgan fingerprint density at radius 1 is 1.00 bits per heavy atom. The largest absolute Gasteiger partial charge is 0.322 e. The lowest BCUT2D eigenvalue weighted by molar-refractivity contribution is 0.102.